The van der Waals surface area contributed by atoms with Crippen LogP contribution in [-0.2, 0) is 5.41 Å². The summed E-state index contributed by atoms with van der Waals surface area (Å²) in [5.74, 6) is 3.25. The summed E-state index contributed by atoms with van der Waals surface area (Å²) < 4.78 is 5.97. The van der Waals surface area contributed by atoms with E-state index in [0.717, 1.165) is 30.7 Å². The third kappa shape index (κ3) is 4.97. The Morgan fingerprint density at radius 3 is 2.17 bits per heavy atom. The number of ether oxygens (including phenoxy) is 1. The summed E-state index contributed by atoms with van der Waals surface area (Å²) in [5.41, 5.74) is 1.59. The van der Waals surface area contributed by atoms with Crippen LogP contribution in [-0.4, -0.2) is 31.1 Å². The Bertz CT molecular complexity index is 467. The van der Waals surface area contributed by atoms with E-state index >= 15 is 0 Å². The SMILES string of the molecule is CC1CC(C)CN(CCOc2ccc(C(C)(C)C(C)C)cc2)C1. The van der Waals surface area contributed by atoms with E-state index < -0.39 is 0 Å². The quantitative estimate of drug-likeness (QED) is 0.734. The molecule has 0 spiro atoms. The average molecular weight is 318 g/mol. The lowest BCUT2D eigenvalue weighted by Crippen LogP contribution is -2.40. The maximum atomic E-state index is 5.97. The first kappa shape index (κ1) is 18.3. The van der Waals surface area contributed by atoms with Gasteiger partial charge in [0.15, 0.2) is 0 Å². The molecule has 0 bridgehead atoms. The third-order valence-electron chi connectivity index (χ3n) is 5.66. The van der Waals surface area contributed by atoms with Gasteiger partial charge in [0.1, 0.15) is 12.4 Å². The first-order valence-corrected chi connectivity index (χ1v) is 9.24. The second-order valence-electron chi connectivity index (χ2n) is 8.45. The molecule has 0 aromatic heterocycles. The Morgan fingerprint density at radius 1 is 1.09 bits per heavy atom. The van der Waals surface area contributed by atoms with E-state index in [1.807, 2.05) is 0 Å². The van der Waals surface area contributed by atoms with Crippen molar-refractivity contribution in [1.29, 1.82) is 0 Å². The number of nitrogens with zero attached hydrogens (tertiary/aromatic N) is 1. The predicted octanol–water partition coefficient (Wildman–Crippen LogP) is 4.98. The molecule has 0 amide bonds. The highest BCUT2D eigenvalue weighted by atomic mass is 16.5. The Hall–Kier alpha value is -1.02. The van der Waals surface area contributed by atoms with E-state index in [4.69, 9.17) is 4.74 Å². The molecule has 1 aliphatic heterocycles. The van der Waals surface area contributed by atoms with Crippen LogP contribution in [0.2, 0.25) is 0 Å². The van der Waals surface area contributed by atoms with E-state index in [1.165, 1.54) is 25.1 Å². The van der Waals surface area contributed by atoms with E-state index in [2.05, 4.69) is 70.7 Å². The molecule has 130 valence electrons. The van der Waals surface area contributed by atoms with Crippen LogP contribution < -0.4 is 4.74 Å². The molecular formula is C21H35NO. The van der Waals surface area contributed by atoms with Crippen molar-refractivity contribution in [3.63, 3.8) is 0 Å². The smallest absolute Gasteiger partial charge is 0.119 e. The van der Waals surface area contributed by atoms with E-state index in [9.17, 15) is 0 Å². The number of hydrogen-bond acceptors (Lipinski definition) is 2. The van der Waals surface area contributed by atoms with Crippen LogP contribution in [0.25, 0.3) is 0 Å². The predicted molar refractivity (Wildman–Crippen MR) is 99.2 cm³/mol. The maximum absolute atomic E-state index is 5.97. The van der Waals surface area contributed by atoms with Gasteiger partial charge in [-0.25, -0.2) is 0 Å². The lowest BCUT2D eigenvalue weighted by Gasteiger charge is -2.34. The van der Waals surface area contributed by atoms with Crippen LogP contribution in [0.15, 0.2) is 24.3 Å². The number of benzene rings is 1. The zero-order valence-corrected chi connectivity index (χ0v) is 15.9. The molecular weight excluding hydrogens is 282 g/mol. The zero-order valence-electron chi connectivity index (χ0n) is 15.9. The van der Waals surface area contributed by atoms with Gasteiger partial charge in [-0.15, -0.1) is 0 Å². The second kappa shape index (κ2) is 7.70. The maximum Gasteiger partial charge on any atom is 0.119 e. The van der Waals surface area contributed by atoms with Crippen molar-refractivity contribution in [2.45, 2.75) is 53.4 Å². The molecule has 23 heavy (non-hydrogen) atoms. The van der Waals surface area contributed by atoms with Gasteiger partial charge in [0, 0.05) is 19.6 Å². The van der Waals surface area contributed by atoms with E-state index in [1.54, 1.807) is 0 Å². The molecule has 0 N–H and O–H groups in total. The van der Waals surface area contributed by atoms with Gasteiger partial charge in [0.2, 0.25) is 0 Å². The minimum atomic E-state index is 0.207. The molecule has 1 saturated heterocycles. The fourth-order valence-corrected chi connectivity index (χ4v) is 3.58. The molecule has 2 heteroatoms. The lowest BCUT2D eigenvalue weighted by molar-refractivity contribution is 0.120. The van der Waals surface area contributed by atoms with Crippen molar-refractivity contribution in [2.24, 2.45) is 17.8 Å². The third-order valence-corrected chi connectivity index (χ3v) is 5.66. The Balaban J connectivity index is 1.83. The van der Waals surface area contributed by atoms with Gasteiger partial charge in [0.25, 0.3) is 0 Å². The molecule has 1 fully saturated rings. The van der Waals surface area contributed by atoms with Crippen molar-refractivity contribution in [2.75, 3.05) is 26.2 Å². The van der Waals surface area contributed by atoms with Crippen LogP contribution in [0.3, 0.4) is 0 Å². The van der Waals surface area contributed by atoms with Gasteiger partial charge >= 0.3 is 0 Å². The molecule has 1 aromatic carbocycles. The molecule has 1 heterocycles. The van der Waals surface area contributed by atoms with Gasteiger partial charge < -0.3 is 4.74 Å². The van der Waals surface area contributed by atoms with E-state index in [0.29, 0.717) is 5.92 Å². The van der Waals surface area contributed by atoms with Gasteiger partial charge in [-0.3, -0.25) is 4.90 Å². The van der Waals surface area contributed by atoms with Crippen LogP contribution in [0.5, 0.6) is 5.75 Å². The first-order chi connectivity index (χ1) is 10.8. The molecule has 1 aliphatic rings. The summed E-state index contributed by atoms with van der Waals surface area (Å²) in [6, 6.07) is 8.70. The molecule has 2 nitrogen and oxygen atoms in total. The number of likely N-dealkylation sites (tertiary alicyclic amines) is 1. The van der Waals surface area contributed by atoms with Gasteiger partial charge in [-0.05, 0) is 47.3 Å². The van der Waals surface area contributed by atoms with Gasteiger partial charge in [-0.2, -0.15) is 0 Å². The second-order valence-corrected chi connectivity index (χ2v) is 8.45. The summed E-state index contributed by atoms with van der Waals surface area (Å²) in [4.78, 5) is 2.55. The van der Waals surface area contributed by atoms with Gasteiger partial charge in [0.05, 0.1) is 0 Å². The molecule has 1 aromatic rings. The zero-order chi connectivity index (χ0) is 17.0. The standard InChI is InChI=1S/C21H35NO/c1-16(2)21(5,6)19-7-9-20(10-8-19)23-12-11-22-14-17(3)13-18(4)15-22/h7-10,16-18H,11-15H2,1-6H3. The monoisotopic (exact) mass is 317 g/mol. The largest absolute Gasteiger partial charge is 0.492 e. The Labute approximate surface area is 143 Å². The van der Waals surface area contributed by atoms with Crippen LogP contribution >= 0.6 is 0 Å². The van der Waals surface area contributed by atoms with Crippen molar-refractivity contribution >= 4 is 0 Å². The fraction of sp³-hybridized carbons (Fsp3) is 0.714. The van der Waals surface area contributed by atoms with Crippen LogP contribution in [0, 0.1) is 17.8 Å². The van der Waals surface area contributed by atoms with Crippen molar-refractivity contribution < 1.29 is 4.74 Å². The van der Waals surface area contributed by atoms with Gasteiger partial charge in [-0.1, -0.05) is 53.7 Å². The Morgan fingerprint density at radius 2 is 1.65 bits per heavy atom. The highest BCUT2D eigenvalue weighted by molar-refractivity contribution is 5.32. The summed E-state index contributed by atoms with van der Waals surface area (Å²) in [5, 5.41) is 0. The highest BCUT2D eigenvalue weighted by Gasteiger charge is 2.24. The molecule has 2 unspecified atom stereocenters. The number of piperidine rings is 1. The Kier molecular flexibility index (Phi) is 6.13. The summed E-state index contributed by atoms with van der Waals surface area (Å²) in [6.07, 6.45) is 1.37. The first-order valence-electron chi connectivity index (χ1n) is 9.24. The number of hydrogen-bond donors (Lipinski definition) is 0. The molecule has 0 aliphatic carbocycles. The molecule has 0 radical (unpaired) electrons. The summed E-state index contributed by atoms with van der Waals surface area (Å²) >= 11 is 0. The lowest BCUT2D eigenvalue weighted by atomic mass is 9.75. The minimum absolute atomic E-state index is 0.207. The summed E-state index contributed by atoms with van der Waals surface area (Å²) in [7, 11) is 0. The highest BCUT2D eigenvalue weighted by Crippen LogP contribution is 2.32. The van der Waals surface area contributed by atoms with Crippen molar-refractivity contribution in [3.05, 3.63) is 29.8 Å². The van der Waals surface area contributed by atoms with Crippen LogP contribution in [0.1, 0.15) is 53.5 Å². The van der Waals surface area contributed by atoms with Crippen molar-refractivity contribution in [3.8, 4) is 5.75 Å². The minimum Gasteiger partial charge on any atom is -0.492 e. The molecule has 2 atom stereocenters. The average Bonchev–Trinajstić information content (AvgIpc) is 2.46. The topological polar surface area (TPSA) is 12.5 Å². The fourth-order valence-electron chi connectivity index (χ4n) is 3.58. The van der Waals surface area contributed by atoms with Crippen molar-refractivity contribution in [1.82, 2.24) is 4.90 Å². The number of rotatable bonds is 6. The normalized spacial score (nSPS) is 23.3. The van der Waals surface area contributed by atoms with Crippen LogP contribution in [0.4, 0.5) is 0 Å². The summed E-state index contributed by atoms with van der Waals surface area (Å²) in [6.45, 7) is 18.2. The van der Waals surface area contributed by atoms with E-state index in [-0.39, 0.29) is 5.41 Å². The molecule has 0 saturated carbocycles. The molecule has 2 rings (SSSR count).